The van der Waals surface area contributed by atoms with Crippen molar-refractivity contribution < 1.29 is 33.4 Å². The predicted molar refractivity (Wildman–Crippen MR) is 137 cm³/mol. The van der Waals surface area contributed by atoms with Crippen LogP contribution in [-0.4, -0.2) is 58.7 Å². The largest absolute Gasteiger partial charge is 0.458 e. The van der Waals surface area contributed by atoms with Gasteiger partial charge in [0.25, 0.3) is 5.91 Å². The zero-order chi connectivity index (χ0) is 27.4. The molecule has 1 saturated heterocycles. The van der Waals surface area contributed by atoms with Gasteiger partial charge < -0.3 is 19.5 Å². The van der Waals surface area contributed by atoms with E-state index in [0.717, 1.165) is 0 Å². The molecule has 0 radical (unpaired) electrons. The SMILES string of the molecule is CC(C)(C)OC(=O)[C@@H]1C[C@H](OC(=O)c2ccc(NC(=O)c3ccccc3)cc2)CN1C(=O)OC(C)(C)C. The lowest BCUT2D eigenvalue weighted by Gasteiger charge is -2.29. The Hall–Kier alpha value is -3.88. The van der Waals surface area contributed by atoms with Crippen LogP contribution in [0, 0.1) is 0 Å². The van der Waals surface area contributed by atoms with Crippen LogP contribution in [0.4, 0.5) is 10.5 Å². The van der Waals surface area contributed by atoms with Crippen molar-refractivity contribution >= 4 is 29.6 Å². The summed E-state index contributed by atoms with van der Waals surface area (Å²) in [5, 5.41) is 2.77. The van der Waals surface area contributed by atoms with E-state index in [4.69, 9.17) is 14.2 Å². The second kappa shape index (κ2) is 11.0. The molecule has 0 aliphatic carbocycles. The summed E-state index contributed by atoms with van der Waals surface area (Å²) in [6.07, 6.45) is -1.32. The molecular formula is C28H34N2O7. The molecule has 3 rings (SSSR count). The quantitative estimate of drug-likeness (QED) is 0.454. The Morgan fingerprint density at radius 1 is 0.811 bits per heavy atom. The highest BCUT2D eigenvalue weighted by Gasteiger charge is 2.45. The van der Waals surface area contributed by atoms with Crippen LogP contribution >= 0.6 is 0 Å². The van der Waals surface area contributed by atoms with Gasteiger partial charge in [0, 0.05) is 17.7 Å². The summed E-state index contributed by atoms with van der Waals surface area (Å²) >= 11 is 0. The number of carbonyl (C=O) groups is 4. The topological polar surface area (TPSA) is 111 Å². The summed E-state index contributed by atoms with van der Waals surface area (Å²) in [6.45, 7) is 10.4. The first kappa shape index (κ1) is 27.7. The van der Waals surface area contributed by atoms with Crippen LogP contribution in [0.2, 0.25) is 0 Å². The van der Waals surface area contributed by atoms with E-state index in [0.29, 0.717) is 11.3 Å². The average Bonchev–Trinajstić information content (AvgIpc) is 3.22. The molecule has 9 nitrogen and oxygen atoms in total. The van der Waals surface area contributed by atoms with Crippen molar-refractivity contribution in [2.24, 2.45) is 0 Å². The van der Waals surface area contributed by atoms with E-state index >= 15 is 0 Å². The molecule has 0 aromatic heterocycles. The van der Waals surface area contributed by atoms with E-state index in [2.05, 4.69) is 5.32 Å². The Morgan fingerprint density at radius 2 is 1.41 bits per heavy atom. The minimum absolute atomic E-state index is 0.00419. The monoisotopic (exact) mass is 510 g/mol. The van der Waals surface area contributed by atoms with E-state index in [1.54, 1.807) is 77.9 Å². The average molecular weight is 511 g/mol. The lowest BCUT2D eigenvalue weighted by molar-refractivity contribution is -0.160. The molecule has 2 aromatic rings. The minimum Gasteiger partial charge on any atom is -0.458 e. The van der Waals surface area contributed by atoms with E-state index < -0.39 is 41.4 Å². The highest BCUT2D eigenvalue weighted by molar-refractivity contribution is 6.04. The molecule has 1 heterocycles. The van der Waals surface area contributed by atoms with Gasteiger partial charge in [-0.2, -0.15) is 0 Å². The van der Waals surface area contributed by atoms with Crippen LogP contribution < -0.4 is 5.32 Å². The van der Waals surface area contributed by atoms with Gasteiger partial charge >= 0.3 is 18.0 Å². The van der Waals surface area contributed by atoms with Gasteiger partial charge in [-0.15, -0.1) is 0 Å². The Balaban J connectivity index is 1.66. The van der Waals surface area contributed by atoms with Gasteiger partial charge in [0.15, 0.2) is 0 Å². The number of nitrogens with one attached hydrogen (secondary N) is 1. The Morgan fingerprint density at radius 3 is 1.97 bits per heavy atom. The third-order valence-electron chi connectivity index (χ3n) is 5.26. The summed E-state index contributed by atoms with van der Waals surface area (Å²) < 4.78 is 16.6. The highest BCUT2D eigenvalue weighted by Crippen LogP contribution is 2.26. The Labute approximate surface area is 217 Å². The smallest absolute Gasteiger partial charge is 0.411 e. The van der Waals surface area contributed by atoms with Crippen LogP contribution in [0.3, 0.4) is 0 Å². The maximum absolute atomic E-state index is 12.8. The summed E-state index contributed by atoms with van der Waals surface area (Å²) in [5.41, 5.74) is -0.207. The number of amides is 2. The number of hydrogen-bond acceptors (Lipinski definition) is 7. The lowest BCUT2D eigenvalue weighted by Crippen LogP contribution is -2.45. The lowest BCUT2D eigenvalue weighted by atomic mass is 10.1. The molecule has 2 aromatic carbocycles. The number of rotatable bonds is 5. The molecule has 37 heavy (non-hydrogen) atoms. The summed E-state index contributed by atoms with van der Waals surface area (Å²) in [4.78, 5) is 52.0. The number of esters is 2. The standard InChI is InChI=1S/C28H34N2O7/c1-27(2,3)36-25(33)22-16-21(17-30(22)26(34)37-28(4,5)6)35-24(32)19-12-14-20(15-13-19)29-23(31)18-10-8-7-9-11-18/h7-15,21-22H,16-17H2,1-6H3,(H,29,31)/t21-,22-/m0/s1. The van der Waals surface area contributed by atoms with Crippen molar-refractivity contribution in [3.8, 4) is 0 Å². The number of ether oxygens (including phenoxy) is 3. The van der Waals surface area contributed by atoms with Crippen molar-refractivity contribution in [2.75, 3.05) is 11.9 Å². The number of carbonyl (C=O) groups excluding carboxylic acids is 4. The van der Waals surface area contributed by atoms with E-state index in [1.165, 1.54) is 17.0 Å². The zero-order valence-electron chi connectivity index (χ0n) is 22.1. The Bertz CT molecular complexity index is 1100. The first-order chi connectivity index (χ1) is 17.2. The molecule has 1 aliphatic rings. The minimum atomic E-state index is -0.942. The molecule has 2 atom stereocenters. The maximum Gasteiger partial charge on any atom is 0.411 e. The van der Waals surface area contributed by atoms with Crippen LogP contribution in [0.25, 0.3) is 0 Å². The van der Waals surface area contributed by atoms with Crippen molar-refractivity contribution in [2.45, 2.75) is 71.3 Å². The molecular weight excluding hydrogens is 476 g/mol. The van der Waals surface area contributed by atoms with Gasteiger partial charge in [-0.05, 0) is 77.9 Å². The molecule has 2 amide bonds. The Kier molecular flexibility index (Phi) is 8.25. The molecule has 1 aliphatic heterocycles. The van der Waals surface area contributed by atoms with Crippen LogP contribution in [0.1, 0.15) is 68.7 Å². The third kappa shape index (κ3) is 8.06. The third-order valence-corrected chi connectivity index (χ3v) is 5.26. The molecule has 0 unspecified atom stereocenters. The number of hydrogen-bond donors (Lipinski definition) is 1. The van der Waals surface area contributed by atoms with E-state index in [-0.39, 0.29) is 24.4 Å². The van der Waals surface area contributed by atoms with Crippen LogP contribution in [0.5, 0.6) is 0 Å². The number of likely N-dealkylation sites (tertiary alicyclic amines) is 1. The van der Waals surface area contributed by atoms with Gasteiger partial charge in [-0.25, -0.2) is 14.4 Å². The van der Waals surface area contributed by atoms with Crippen molar-refractivity contribution in [1.82, 2.24) is 4.90 Å². The second-order valence-electron chi connectivity index (χ2n) is 10.8. The maximum atomic E-state index is 12.8. The molecule has 0 saturated carbocycles. The van der Waals surface area contributed by atoms with Crippen molar-refractivity contribution in [1.29, 1.82) is 0 Å². The van der Waals surface area contributed by atoms with Gasteiger partial charge in [0.2, 0.25) is 0 Å². The number of benzene rings is 2. The summed E-state index contributed by atoms with van der Waals surface area (Å²) in [6, 6.07) is 14.1. The molecule has 0 spiro atoms. The zero-order valence-corrected chi connectivity index (χ0v) is 22.1. The number of nitrogens with zero attached hydrogens (tertiary/aromatic N) is 1. The van der Waals surface area contributed by atoms with Gasteiger partial charge in [-0.1, -0.05) is 18.2 Å². The molecule has 0 bridgehead atoms. The van der Waals surface area contributed by atoms with Crippen molar-refractivity contribution in [3.05, 3.63) is 65.7 Å². The van der Waals surface area contributed by atoms with Gasteiger partial charge in [0.1, 0.15) is 23.3 Å². The number of anilines is 1. The summed E-state index contributed by atoms with van der Waals surface area (Å²) in [7, 11) is 0. The summed E-state index contributed by atoms with van der Waals surface area (Å²) in [5.74, 6) is -1.47. The highest BCUT2D eigenvalue weighted by atomic mass is 16.6. The molecule has 1 N–H and O–H groups in total. The van der Waals surface area contributed by atoms with Crippen LogP contribution in [0.15, 0.2) is 54.6 Å². The first-order valence-electron chi connectivity index (χ1n) is 12.1. The first-order valence-corrected chi connectivity index (χ1v) is 12.1. The van der Waals surface area contributed by atoms with Crippen LogP contribution in [-0.2, 0) is 19.0 Å². The fraction of sp³-hybridized carbons (Fsp3) is 0.429. The van der Waals surface area contributed by atoms with Crippen molar-refractivity contribution in [3.63, 3.8) is 0 Å². The van der Waals surface area contributed by atoms with E-state index in [1.807, 2.05) is 6.07 Å². The normalized spacial score (nSPS) is 17.6. The van der Waals surface area contributed by atoms with Gasteiger partial charge in [-0.3, -0.25) is 9.69 Å². The predicted octanol–water partition coefficient (Wildman–Crippen LogP) is 4.82. The second-order valence-corrected chi connectivity index (χ2v) is 10.8. The van der Waals surface area contributed by atoms with Gasteiger partial charge in [0.05, 0.1) is 12.1 Å². The van der Waals surface area contributed by atoms with E-state index in [9.17, 15) is 19.2 Å². The fourth-order valence-electron chi connectivity index (χ4n) is 3.70. The molecule has 1 fully saturated rings. The fourth-order valence-corrected chi connectivity index (χ4v) is 3.70. The molecule has 9 heteroatoms. The molecule has 198 valence electrons.